The molecule has 0 radical (unpaired) electrons. The Morgan fingerprint density at radius 3 is 2.50 bits per heavy atom. The van der Waals surface area contributed by atoms with Gasteiger partial charge in [-0.3, -0.25) is 0 Å². The lowest BCUT2D eigenvalue weighted by atomic mass is 9.78. The fourth-order valence-electron chi connectivity index (χ4n) is 3.21. The number of isocyanates is 2. The van der Waals surface area contributed by atoms with Crippen molar-refractivity contribution < 1.29 is 9.59 Å². The molecule has 0 spiro atoms. The molecule has 0 amide bonds. The molecule has 0 saturated heterocycles. The molecular formula is C18H14N2O2. The van der Waals surface area contributed by atoms with Crippen molar-refractivity contribution >= 4 is 23.5 Å². The molecule has 0 aromatic heterocycles. The lowest BCUT2D eigenvalue weighted by Gasteiger charge is -2.26. The van der Waals surface area contributed by atoms with Gasteiger partial charge in [-0.15, -0.1) is 0 Å². The summed E-state index contributed by atoms with van der Waals surface area (Å²) in [5.41, 5.74) is 4.26. The summed E-state index contributed by atoms with van der Waals surface area (Å²) in [5.74, 6) is 0.152. The Balaban J connectivity index is 2.19. The Morgan fingerprint density at radius 1 is 0.909 bits per heavy atom. The second-order valence-corrected chi connectivity index (χ2v) is 5.26. The van der Waals surface area contributed by atoms with Gasteiger partial charge in [0.25, 0.3) is 0 Å². The molecule has 1 aliphatic carbocycles. The second kappa shape index (κ2) is 6.31. The molecule has 4 nitrogen and oxygen atoms in total. The molecule has 0 saturated carbocycles. The Morgan fingerprint density at radius 2 is 1.68 bits per heavy atom. The summed E-state index contributed by atoms with van der Waals surface area (Å²) < 4.78 is 0. The predicted molar refractivity (Wildman–Crippen MR) is 83.2 cm³/mol. The number of aryl methyl sites for hydroxylation is 1. The van der Waals surface area contributed by atoms with E-state index in [1.165, 1.54) is 17.2 Å². The maximum atomic E-state index is 10.8. The van der Waals surface area contributed by atoms with Crippen LogP contribution in [-0.4, -0.2) is 12.2 Å². The Kier molecular flexibility index (Phi) is 4.06. The van der Waals surface area contributed by atoms with Crippen LogP contribution in [0.2, 0.25) is 0 Å². The topological polar surface area (TPSA) is 58.9 Å². The molecule has 0 bridgehead atoms. The predicted octanol–water partition coefficient (Wildman–Crippen LogP) is 4.09. The number of carbonyl (C=O) groups excluding carboxylic acids is 2. The molecule has 1 aliphatic rings. The number of para-hydroxylation sites is 1. The van der Waals surface area contributed by atoms with Crippen LogP contribution in [0, 0.1) is 0 Å². The maximum absolute atomic E-state index is 10.8. The summed E-state index contributed by atoms with van der Waals surface area (Å²) in [6.45, 7) is 0. The zero-order valence-corrected chi connectivity index (χ0v) is 12.0. The number of hydrogen-bond acceptors (Lipinski definition) is 4. The van der Waals surface area contributed by atoms with Crippen molar-refractivity contribution in [1.82, 2.24) is 0 Å². The van der Waals surface area contributed by atoms with E-state index in [1.54, 1.807) is 12.1 Å². The molecule has 0 heterocycles. The third-order valence-electron chi connectivity index (χ3n) is 4.11. The zero-order chi connectivity index (χ0) is 15.4. The van der Waals surface area contributed by atoms with Crippen LogP contribution in [0.4, 0.5) is 11.4 Å². The fraction of sp³-hybridized carbons (Fsp3) is 0.222. The number of nitrogens with zero attached hydrogens (tertiary/aromatic N) is 2. The summed E-state index contributed by atoms with van der Waals surface area (Å²) in [4.78, 5) is 28.8. The van der Waals surface area contributed by atoms with Crippen molar-refractivity contribution in [2.24, 2.45) is 9.98 Å². The largest absolute Gasteiger partial charge is 0.240 e. The van der Waals surface area contributed by atoms with Crippen LogP contribution in [0.25, 0.3) is 0 Å². The highest BCUT2D eigenvalue weighted by atomic mass is 16.1. The quantitative estimate of drug-likeness (QED) is 0.631. The summed E-state index contributed by atoms with van der Waals surface area (Å²) in [6.07, 6.45) is 6.20. The van der Waals surface area contributed by atoms with Gasteiger partial charge in [0.1, 0.15) is 11.4 Å². The van der Waals surface area contributed by atoms with Gasteiger partial charge in [0, 0.05) is 5.92 Å². The molecule has 2 aromatic rings. The van der Waals surface area contributed by atoms with E-state index < -0.39 is 0 Å². The summed E-state index contributed by atoms with van der Waals surface area (Å²) in [7, 11) is 0. The molecule has 3 rings (SSSR count). The highest BCUT2D eigenvalue weighted by Gasteiger charge is 2.24. The molecule has 2 aromatic carbocycles. The first kappa shape index (κ1) is 14.2. The number of aliphatic imine (C=N–C) groups is 2. The molecular weight excluding hydrogens is 276 g/mol. The van der Waals surface area contributed by atoms with E-state index in [4.69, 9.17) is 0 Å². The molecule has 22 heavy (non-hydrogen) atoms. The standard InChI is InChI=1S/C18H14N2O2/c21-11-19-17-10-4-9-16(18(17)20-12-22)15-8-3-6-13-5-1-2-7-14(13)15/h1-2,4-5,7,9-10,15H,3,6,8H2. The first-order chi connectivity index (χ1) is 10.8. The molecule has 108 valence electrons. The minimum atomic E-state index is 0.152. The monoisotopic (exact) mass is 290 g/mol. The van der Waals surface area contributed by atoms with Gasteiger partial charge in [-0.1, -0.05) is 36.4 Å². The minimum Gasteiger partial charge on any atom is -0.211 e. The molecule has 0 N–H and O–H groups in total. The van der Waals surface area contributed by atoms with Gasteiger partial charge in [0.15, 0.2) is 0 Å². The average molecular weight is 290 g/mol. The van der Waals surface area contributed by atoms with Crippen LogP contribution >= 0.6 is 0 Å². The lowest BCUT2D eigenvalue weighted by Crippen LogP contribution is -2.11. The average Bonchev–Trinajstić information content (AvgIpc) is 2.56. The van der Waals surface area contributed by atoms with Gasteiger partial charge in [0.05, 0.1) is 0 Å². The van der Waals surface area contributed by atoms with Crippen LogP contribution in [0.5, 0.6) is 0 Å². The van der Waals surface area contributed by atoms with E-state index in [1.807, 2.05) is 24.3 Å². The van der Waals surface area contributed by atoms with Gasteiger partial charge in [-0.2, -0.15) is 9.98 Å². The maximum Gasteiger partial charge on any atom is 0.240 e. The van der Waals surface area contributed by atoms with E-state index >= 15 is 0 Å². The molecule has 0 aliphatic heterocycles. The SMILES string of the molecule is O=C=Nc1cccc(C2CCCc3ccccc32)c1N=C=O. The van der Waals surface area contributed by atoms with Crippen LogP contribution < -0.4 is 0 Å². The Labute approximate surface area is 128 Å². The molecule has 1 unspecified atom stereocenters. The van der Waals surface area contributed by atoms with Crippen molar-refractivity contribution in [2.75, 3.05) is 0 Å². The third-order valence-corrected chi connectivity index (χ3v) is 4.11. The second-order valence-electron chi connectivity index (χ2n) is 5.26. The van der Waals surface area contributed by atoms with E-state index in [2.05, 4.69) is 22.1 Å². The van der Waals surface area contributed by atoms with Gasteiger partial charge in [-0.25, -0.2) is 9.59 Å². The van der Waals surface area contributed by atoms with Crippen molar-refractivity contribution in [3.8, 4) is 0 Å². The van der Waals surface area contributed by atoms with Gasteiger partial charge in [-0.05, 0) is 42.0 Å². The minimum absolute atomic E-state index is 0.152. The van der Waals surface area contributed by atoms with Crippen LogP contribution in [0.3, 0.4) is 0 Å². The van der Waals surface area contributed by atoms with Crippen LogP contribution in [0.1, 0.15) is 35.4 Å². The Bertz CT molecular complexity index is 800. The first-order valence-electron chi connectivity index (χ1n) is 7.21. The van der Waals surface area contributed by atoms with Gasteiger partial charge >= 0.3 is 0 Å². The lowest BCUT2D eigenvalue weighted by molar-refractivity contribution is 0.564. The van der Waals surface area contributed by atoms with Crippen molar-refractivity contribution in [1.29, 1.82) is 0 Å². The molecule has 1 atom stereocenters. The molecule has 0 fully saturated rings. The molecule has 4 heteroatoms. The Hall–Kier alpha value is -2.80. The van der Waals surface area contributed by atoms with E-state index in [0.29, 0.717) is 11.4 Å². The summed E-state index contributed by atoms with van der Waals surface area (Å²) in [5, 5.41) is 0. The number of rotatable bonds is 3. The smallest absolute Gasteiger partial charge is 0.211 e. The normalized spacial score (nSPS) is 16.1. The van der Waals surface area contributed by atoms with E-state index in [-0.39, 0.29) is 5.92 Å². The number of hydrogen-bond donors (Lipinski definition) is 0. The first-order valence-corrected chi connectivity index (χ1v) is 7.21. The van der Waals surface area contributed by atoms with E-state index in [0.717, 1.165) is 24.8 Å². The summed E-state index contributed by atoms with van der Waals surface area (Å²) >= 11 is 0. The zero-order valence-electron chi connectivity index (χ0n) is 12.0. The van der Waals surface area contributed by atoms with E-state index in [9.17, 15) is 9.59 Å². The number of fused-ring (bicyclic) bond motifs is 1. The van der Waals surface area contributed by atoms with Crippen LogP contribution in [-0.2, 0) is 16.0 Å². The van der Waals surface area contributed by atoms with Crippen LogP contribution in [0.15, 0.2) is 52.4 Å². The summed E-state index contributed by atoms with van der Waals surface area (Å²) in [6, 6.07) is 13.7. The fourth-order valence-corrected chi connectivity index (χ4v) is 3.21. The van der Waals surface area contributed by atoms with Crippen molar-refractivity contribution in [3.63, 3.8) is 0 Å². The van der Waals surface area contributed by atoms with Gasteiger partial charge < -0.3 is 0 Å². The highest BCUT2D eigenvalue weighted by Crippen LogP contribution is 2.43. The third kappa shape index (κ3) is 2.53. The van der Waals surface area contributed by atoms with Crippen molar-refractivity contribution in [2.45, 2.75) is 25.2 Å². The number of benzene rings is 2. The highest BCUT2D eigenvalue weighted by molar-refractivity contribution is 5.73. The van der Waals surface area contributed by atoms with Crippen molar-refractivity contribution in [3.05, 3.63) is 59.2 Å². The van der Waals surface area contributed by atoms with Gasteiger partial charge in [0.2, 0.25) is 12.2 Å².